The Morgan fingerprint density at radius 1 is 1.42 bits per heavy atom. The maximum absolute atomic E-state index is 12.6. The van der Waals surface area contributed by atoms with Crippen LogP contribution in [0.4, 0.5) is 8.78 Å². The zero-order chi connectivity index (χ0) is 8.97. The predicted molar refractivity (Wildman–Crippen MR) is 42.1 cm³/mol. The first-order chi connectivity index (χ1) is 5.72. The third-order valence-corrected chi connectivity index (χ3v) is 1.54. The summed E-state index contributed by atoms with van der Waals surface area (Å²) < 4.78 is 25.1. The molecule has 0 aliphatic heterocycles. The molecular formula is C9H10F2O. The molecule has 0 radical (unpaired) electrons. The number of alkyl halides is 1. The van der Waals surface area contributed by atoms with Crippen molar-refractivity contribution in [3.8, 4) is 0 Å². The van der Waals surface area contributed by atoms with Crippen LogP contribution in [-0.4, -0.2) is 17.9 Å². The van der Waals surface area contributed by atoms with E-state index < -0.39 is 12.8 Å². The number of rotatable bonds is 3. The van der Waals surface area contributed by atoms with E-state index in [1.807, 2.05) is 0 Å². The van der Waals surface area contributed by atoms with Crippen LogP contribution in [-0.2, 0) is 6.42 Å². The lowest BCUT2D eigenvalue weighted by molar-refractivity contribution is 0.177. The highest BCUT2D eigenvalue weighted by atomic mass is 19.1. The molecule has 1 aromatic carbocycles. The summed E-state index contributed by atoms with van der Waals surface area (Å²) in [6.45, 7) is -0.517. The van der Waals surface area contributed by atoms with Gasteiger partial charge in [-0.1, -0.05) is 12.1 Å². The van der Waals surface area contributed by atoms with E-state index in [2.05, 4.69) is 0 Å². The fourth-order valence-electron chi connectivity index (χ4n) is 0.984. The molecule has 0 bridgehead atoms. The summed E-state index contributed by atoms with van der Waals surface area (Å²) in [4.78, 5) is 0. The second kappa shape index (κ2) is 4.16. The molecule has 12 heavy (non-hydrogen) atoms. The maximum Gasteiger partial charge on any atom is 0.127 e. The Bertz CT molecular complexity index is 250. The molecule has 0 aromatic heterocycles. The van der Waals surface area contributed by atoms with Gasteiger partial charge in [0, 0.05) is 6.42 Å². The van der Waals surface area contributed by atoms with Gasteiger partial charge >= 0.3 is 0 Å². The van der Waals surface area contributed by atoms with Crippen molar-refractivity contribution in [3.05, 3.63) is 35.6 Å². The zero-order valence-corrected chi connectivity index (χ0v) is 6.50. The summed E-state index contributed by atoms with van der Waals surface area (Å²) in [5, 5.41) is 8.40. The summed E-state index contributed by atoms with van der Waals surface area (Å²) in [6, 6.07) is 5.72. The Labute approximate surface area is 69.7 Å². The second-order valence-electron chi connectivity index (χ2n) is 2.61. The van der Waals surface area contributed by atoms with E-state index in [-0.39, 0.29) is 12.2 Å². The van der Waals surface area contributed by atoms with Crippen molar-refractivity contribution in [1.82, 2.24) is 0 Å². The quantitative estimate of drug-likeness (QED) is 0.735. The summed E-state index contributed by atoms with van der Waals surface area (Å²) in [7, 11) is 0. The number of halogens is 2. The van der Waals surface area contributed by atoms with Crippen molar-refractivity contribution >= 4 is 0 Å². The van der Waals surface area contributed by atoms with Crippen molar-refractivity contribution < 1.29 is 13.9 Å². The molecule has 3 heteroatoms. The summed E-state index contributed by atoms with van der Waals surface area (Å²) >= 11 is 0. The van der Waals surface area contributed by atoms with Crippen molar-refractivity contribution in [3.63, 3.8) is 0 Å². The van der Waals surface area contributed by atoms with Crippen molar-refractivity contribution in [1.29, 1.82) is 0 Å². The van der Waals surface area contributed by atoms with Crippen LogP contribution in [0, 0.1) is 5.82 Å². The van der Waals surface area contributed by atoms with E-state index in [4.69, 9.17) is 5.11 Å². The lowest BCUT2D eigenvalue weighted by atomic mass is 10.1. The number of aliphatic hydroxyl groups excluding tert-OH is 1. The van der Waals surface area contributed by atoms with Gasteiger partial charge < -0.3 is 5.11 Å². The number of aliphatic hydroxyl groups is 1. The third-order valence-electron chi connectivity index (χ3n) is 1.54. The highest BCUT2D eigenvalue weighted by Gasteiger charge is 2.05. The fourth-order valence-corrected chi connectivity index (χ4v) is 0.984. The predicted octanol–water partition coefficient (Wildman–Crippen LogP) is 1.70. The first kappa shape index (κ1) is 9.13. The van der Waals surface area contributed by atoms with Crippen LogP contribution in [0.5, 0.6) is 0 Å². The molecule has 0 amide bonds. The fraction of sp³-hybridized carbons (Fsp3) is 0.333. The van der Waals surface area contributed by atoms with Crippen LogP contribution in [0.25, 0.3) is 0 Å². The summed E-state index contributed by atoms with van der Waals surface area (Å²) in [5.41, 5.74) is 0.566. The molecular weight excluding hydrogens is 162 g/mol. The average molecular weight is 172 g/mol. The molecule has 1 atom stereocenters. The number of hydrogen-bond donors (Lipinski definition) is 1. The van der Waals surface area contributed by atoms with Gasteiger partial charge in [0.1, 0.15) is 12.0 Å². The zero-order valence-electron chi connectivity index (χ0n) is 6.50. The molecule has 0 saturated carbocycles. The van der Waals surface area contributed by atoms with Gasteiger partial charge in [0.15, 0.2) is 0 Å². The second-order valence-corrected chi connectivity index (χ2v) is 2.61. The molecule has 0 spiro atoms. The Morgan fingerprint density at radius 2 is 2.17 bits per heavy atom. The molecule has 1 aromatic rings. The minimum Gasteiger partial charge on any atom is -0.393 e. The highest BCUT2D eigenvalue weighted by molar-refractivity contribution is 5.16. The van der Waals surface area contributed by atoms with Crippen molar-refractivity contribution in [2.45, 2.75) is 12.6 Å². The largest absolute Gasteiger partial charge is 0.393 e. The molecule has 0 heterocycles. The van der Waals surface area contributed by atoms with Gasteiger partial charge in [-0.2, -0.15) is 0 Å². The third kappa shape index (κ3) is 2.58. The van der Waals surface area contributed by atoms with E-state index in [0.717, 1.165) is 0 Å². The minimum absolute atomic E-state index is 0.0637. The first-order valence-electron chi connectivity index (χ1n) is 3.71. The Kier molecular flexibility index (Phi) is 3.17. The molecule has 66 valence electrons. The lowest BCUT2D eigenvalue weighted by Gasteiger charge is -2.03. The number of hydrogen-bond acceptors (Lipinski definition) is 1. The lowest BCUT2D eigenvalue weighted by Crippen LogP contribution is -2.09. The monoisotopic (exact) mass is 172 g/mol. The van der Waals surface area contributed by atoms with E-state index in [0.29, 0.717) is 5.56 Å². The normalized spacial score (nSPS) is 12.9. The molecule has 0 aliphatic carbocycles. The molecule has 0 saturated heterocycles. The molecule has 1 N–H and O–H groups in total. The van der Waals surface area contributed by atoms with Gasteiger partial charge in [-0.05, 0) is 17.7 Å². The van der Waals surface area contributed by atoms with Gasteiger partial charge in [-0.15, -0.1) is 0 Å². The molecule has 1 rings (SSSR count). The van der Waals surface area contributed by atoms with E-state index in [9.17, 15) is 8.78 Å². The standard InChI is InChI=1S/C9H10F2O/c10-8-3-1-2-7(4-8)5-9(11)6-12/h1-4,9,12H,5-6H2/t9-/m0/s1. The molecule has 0 unspecified atom stereocenters. The van der Waals surface area contributed by atoms with Gasteiger partial charge in [0.05, 0.1) is 6.61 Å². The van der Waals surface area contributed by atoms with Crippen molar-refractivity contribution in [2.75, 3.05) is 6.61 Å². The van der Waals surface area contributed by atoms with Crippen LogP contribution in [0.1, 0.15) is 5.56 Å². The van der Waals surface area contributed by atoms with Gasteiger partial charge in [0.2, 0.25) is 0 Å². The van der Waals surface area contributed by atoms with E-state index >= 15 is 0 Å². The Hall–Kier alpha value is -0.960. The number of benzene rings is 1. The van der Waals surface area contributed by atoms with Crippen LogP contribution >= 0.6 is 0 Å². The van der Waals surface area contributed by atoms with Gasteiger partial charge in [-0.3, -0.25) is 0 Å². The topological polar surface area (TPSA) is 20.2 Å². The van der Waals surface area contributed by atoms with Gasteiger partial charge in [0.25, 0.3) is 0 Å². The van der Waals surface area contributed by atoms with E-state index in [1.165, 1.54) is 18.2 Å². The van der Waals surface area contributed by atoms with Crippen LogP contribution in [0.2, 0.25) is 0 Å². The van der Waals surface area contributed by atoms with E-state index in [1.54, 1.807) is 6.07 Å². The molecule has 1 nitrogen and oxygen atoms in total. The average Bonchev–Trinajstić information content (AvgIpc) is 2.04. The smallest absolute Gasteiger partial charge is 0.127 e. The highest BCUT2D eigenvalue weighted by Crippen LogP contribution is 2.07. The SMILES string of the molecule is OC[C@@H](F)Cc1cccc(F)c1. The Morgan fingerprint density at radius 3 is 2.75 bits per heavy atom. The van der Waals surface area contributed by atoms with Crippen molar-refractivity contribution in [2.24, 2.45) is 0 Å². The maximum atomic E-state index is 12.6. The first-order valence-corrected chi connectivity index (χ1v) is 3.71. The van der Waals surface area contributed by atoms with Crippen LogP contribution in [0.3, 0.4) is 0 Å². The minimum atomic E-state index is -1.30. The molecule has 0 aliphatic rings. The summed E-state index contributed by atoms with van der Waals surface area (Å²) in [5.74, 6) is -0.377. The van der Waals surface area contributed by atoms with Crippen LogP contribution < -0.4 is 0 Å². The molecule has 0 fully saturated rings. The summed E-state index contributed by atoms with van der Waals surface area (Å²) in [6.07, 6.45) is -1.24. The van der Waals surface area contributed by atoms with Gasteiger partial charge in [-0.25, -0.2) is 8.78 Å². The van der Waals surface area contributed by atoms with Crippen LogP contribution in [0.15, 0.2) is 24.3 Å². The Balaban J connectivity index is 2.63.